The topological polar surface area (TPSA) is 40.6 Å². The second-order valence-corrected chi connectivity index (χ2v) is 9.51. The van der Waals surface area contributed by atoms with E-state index in [-0.39, 0.29) is 0 Å². The molecule has 6 heteroatoms. The van der Waals surface area contributed by atoms with Crippen LogP contribution < -0.4 is 0 Å². The van der Waals surface area contributed by atoms with Crippen molar-refractivity contribution in [3.8, 4) is 0 Å². The summed E-state index contributed by atoms with van der Waals surface area (Å²) in [6.07, 6.45) is 8.18. The van der Waals surface area contributed by atoms with E-state index >= 15 is 0 Å². The Labute approximate surface area is 137 Å². The van der Waals surface area contributed by atoms with Crippen LogP contribution in [0.25, 0.3) is 0 Å². The van der Waals surface area contributed by atoms with Crippen molar-refractivity contribution in [2.75, 3.05) is 26.2 Å². The van der Waals surface area contributed by atoms with E-state index in [2.05, 4.69) is 17.1 Å². The molecule has 2 aliphatic rings. The Morgan fingerprint density at radius 2 is 1.91 bits per heavy atom. The van der Waals surface area contributed by atoms with Gasteiger partial charge in [-0.3, -0.25) is 4.90 Å². The van der Waals surface area contributed by atoms with Crippen molar-refractivity contribution in [1.29, 1.82) is 0 Å². The molecular formula is C16H24N2O2S2. The van der Waals surface area contributed by atoms with Gasteiger partial charge in [-0.15, -0.1) is 11.3 Å². The minimum absolute atomic E-state index is 0.501. The van der Waals surface area contributed by atoms with Gasteiger partial charge in [-0.05, 0) is 39.2 Å². The maximum atomic E-state index is 12.8. The maximum Gasteiger partial charge on any atom is 0.244 e. The van der Waals surface area contributed by atoms with Crippen LogP contribution in [0.4, 0.5) is 0 Å². The van der Waals surface area contributed by atoms with E-state index in [1.807, 2.05) is 19.9 Å². The summed E-state index contributed by atoms with van der Waals surface area (Å²) in [5.41, 5.74) is 0. The molecule has 0 amide bonds. The highest BCUT2D eigenvalue weighted by molar-refractivity contribution is 7.89. The van der Waals surface area contributed by atoms with Gasteiger partial charge in [-0.1, -0.05) is 12.2 Å². The number of hydrogen-bond donors (Lipinski definition) is 0. The van der Waals surface area contributed by atoms with E-state index < -0.39 is 10.0 Å². The molecule has 4 nitrogen and oxygen atoms in total. The second kappa shape index (κ2) is 6.43. The molecule has 1 fully saturated rings. The predicted molar refractivity (Wildman–Crippen MR) is 90.9 cm³/mol. The first-order chi connectivity index (χ1) is 10.5. The van der Waals surface area contributed by atoms with Gasteiger partial charge in [0, 0.05) is 42.0 Å². The first-order valence-corrected chi connectivity index (χ1v) is 10.2. The number of thiophene rings is 1. The quantitative estimate of drug-likeness (QED) is 0.795. The lowest BCUT2D eigenvalue weighted by Crippen LogP contribution is -2.51. The normalized spacial score (nSPS) is 24.7. The number of hydrogen-bond acceptors (Lipinski definition) is 4. The number of allylic oxidation sites excluding steroid dienone is 1. The number of piperazine rings is 1. The van der Waals surface area contributed by atoms with E-state index in [0.717, 1.165) is 22.8 Å². The molecule has 0 radical (unpaired) electrons. The molecule has 122 valence electrons. The van der Waals surface area contributed by atoms with Crippen LogP contribution in [0.1, 0.15) is 29.0 Å². The summed E-state index contributed by atoms with van der Waals surface area (Å²) in [6, 6.07) is 2.31. The molecule has 0 saturated carbocycles. The minimum Gasteiger partial charge on any atom is -0.294 e. The molecule has 1 aromatic rings. The lowest BCUT2D eigenvalue weighted by molar-refractivity contribution is 0.150. The molecule has 1 aliphatic heterocycles. The summed E-state index contributed by atoms with van der Waals surface area (Å²) < 4.78 is 27.3. The standard InChI is InChI=1S/C16H24N2O2S2/c1-13-12-16(14(2)21-13)22(19,20)18-10-8-17(9-11-18)15-6-4-3-5-7-15/h4,6,12,15H,3,5,7-11H2,1-2H3. The fraction of sp³-hybridized carbons (Fsp3) is 0.625. The molecule has 0 spiro atoms. The van der Waals surface area contributed by atoms with Crippen molar-refractivity contribution in [2.24, 2.45) is 0 Å². The molecule has 1 saturated heterocycles. The van der Waals surface area contributed by atoms with E-state index in [1.165, 1.54) is 19.3 Å². The maximum absolute atomic E-state index is 12.8. The third-order valence-corrected chi connectivity index (χ3v) is 7.70. The van der Waals surface area contributed by atoms with E-state index in [4.69, 9.17) is 0 Å². The molecule has 0 aromatic carbocycles. The zero-order valence-corrected chi connectivity index (χ0v) is 14.9. The molecule has 3 rings (SSSR count). The van der Waals surface area contributed by atoms with Crippen molar-refractivity contribution in [3.63, 3.8) is 0 Å². The van der Waals surface area contributed by atoms with Crippen LogP contribution in [0.3, 0.4) is 0 Å². The molecular weight excluding hydrogens is 316 g/mol. The summed E-state index contributed by atoms with van der Waals surface area (Å²) in [4.78, 5) is 4.88. The van der Waals surface area contributed by atoms with Crippen molar-refractivity contribution in [1.82, 2.24) is 9.21 Å². The zero-order valence-electron chi connectivity index (χ0n) is 13.3. The van der Waals surface area contributed by atoms with Gasteiger partial charge in [0.1, 0.15) is 0 Å². The monoisotopic (exact) mass is 340 g/mol. The SMILES string of the molecule is Cc1cc(S(=O)(=O)N2CCN(C3C=CCCC3)CC2)c(C)s1. The average molecular weight is 341 g/mol. The lowest BCUT2D eigenvalue weighted by Gasteiger charge is -2.38. The molecule has 1 atom stereocenters. The number of sulfonamides is 1. The van der Waals surface area contributed by atoms with Gasteiger partial charge in [0.15, 0.2) is 0 Å². The lowest BCUT2D eigenvalue weighted by atomic mass is 10.0. The second-order valence-electron chi connectivity index (χ2n) is 6.14. The van der Waals surface area contributed by atoms with Crippen LogP contribution >= 0.6 is 11.3 Å². The Kier molecular flexibility index (Phi) is 4.73. The van der Waals surface area contributed by atoms with Crippen LogP contribution in [0.15, 0.2) is 23.1 Å². The number of nitrogens with zero attached hydrogens (tertiary/aromatic N) is 2. The predicted octanol–water partition coefficient (Wildman–Crippen LogP) is 2.78. The van der Waals surface area contributed by atoms with Gasteiger partial charge >= 0.3 is 0 Å². The first kappa shape index (κ1) is 16.2. The Bertz CT molecular complexity index is 656. The van der Waals surface area contributed by atoms with Crippen LogP contribution in [0.5, 0.6) is 0 Å². The summed E-state index contributed by atoms with van der Waals surface area (Å²) >= 11 is 1.56. The Balaban J connectivity index is 1.69. The smallest absolute Gasteiger partial charge is 0.244 e. The highest BCUT2D eigenvalue weighted by atomic mass is 32.2. The Hall–Kier alpha value is -0.690. The first-order valence-electron chi connectivity index (χ1n) is 7.96. The third-order valence-electron chi connectivity index (χ3n) is 4.58. The summed E-state index contributed by atoms with van der Waals surface area (Å²) in [6.45, 7) is 6.71. The van der Waals surface area contributed by atoms with Crippen LogP contribution in [-0.4, -0.2) is 49.8 Å². The van der Waals surface area contributed by atoms with Gasteiger partial charge in [0.25, 0.3) is 0 Å². The molecule has 0 bridgehead atoms. The minimum atomic E-state index is -3.33. The molecule has 1 unspecified atom stereocenters. The highest BCUT2D eigenvalue weighted by Gasteiger charge is 2.32. The summed E-state index contributed by atoms with van der Waals surface area (Å²) in [5, 5.41) is 0. The molecule has 1 aromatic heterocycles. The van der Waals surface area contributed by atoms with E-state index in [1.54, 1.807) is 15.6 Å². The Morgan fingerprint density at radius 3 is 2.45 bits per heavy atom. The largest absolute Gasteiger partial charge is 0.294 e. The molecule has 0 N–H and O–H groups in total. The van der Waals surface area contributed by atoms with E-state index in [0.29, 0.717) is 24.0 Å². The molecule has 2 heterocycles. The van der Waals surface area contributed by atoms with Gasteiger partial charge in [0.2, 0.25) is 10.0 Å². The Morgan fingerprint density at radius 1 is 1.18 bits per heavy atom. The average Bonchev–Trinajstić information content (AvgIpc) is 2.88. The third kappa shape index (κ3) is 3.15. The summed E-state index contributed by atoms with van der Waals surface area (Å²) in [5.74, 6) is 0. The van der Waals surface area contributed by atoms with Crippen LogP contribution in [-0.2, 0) is 10.0 Å². The van der Waals surface area contributed by atoms with Gasteiger partial charge in [-0.2, -0.15) is 4.31 Å². The fourth-order valence-corrected chi connectivity index (χ4v) is 6.32. The molecule has 22 heavy (non-hydrogen) atoms. The molecule has 1 aliphatic carbocycles. The van der Waals surface area contributed by atoms with Crippen molar-refractivity contribution in [3.05, 3.63) is 28.0 Å². The highest BCUT2D eigenvalue weighted by Crippen LogP contribution is 2.28. The fourth-order valence-electron chi connectivity index (χ4n) is 3.38. The summed E-state index contributed by atoms with van der Waals surface area (Å²) in [7, 11) is -3.33. The van der Waals surface area contributed by atoms with E-state index in [9.17, 15) is 8.42 Å². The number of aryl methyl sites for hydroxylation is 2. The van der Waals surface area contributed by atoms with Gasteiger partial charge in [0.05, 0.1) is 4.90 Å². The van der Waals surface area contributed by atoms with Crippen molar-refractivity contribution in [2.45, 2.75) is 44.0 Å². The van der Waals surface area contributed by atoms with Crippen LogP contribution in [0, 0.1) is 13.8 Å². The van der Waals surface area contributed by atoms with Gasteiger partial charge in [-0.25, -0.2) is 8.42 Å². The van der Waals surface area contributed by atoms with Crippen LogP contribution in [0.2, 0.25) is 0 Å². The number of rotatable bonds is 3. The van der Waals surface area contributed by atoms with Crippen molar-refractivity contribution >= 4 is 21.4 Å². The van der Waals surface area contributed by atoms with Crippen molar-refractivity contribution < 1.29 is 8.42 Å². The zero-order chi connectivity index (χ0) is 15.7. The van der Waals surface area contributed by atoms with Gasteiger partial charge < -0.3 is 0 Å².